The molecule has 0 heterocycles. The summed E-state index contributed by atoms with van der Waals surface area (Å²) in [5.74, 6) is 1.79. The number of hydrogen-bond acceptors (Lipinski definition) is 3. The van der Waals surface area contributed by atoms with E-state index in [4.69, 9.17) is 14.2 Å². The number of aryl methyl sites for hydroxylation is 1. The Bertz CT molecular complexity index is 674. The highest BCUT2D eigenvalue weighted by molar-refractivity contribution is 5.74. The van der Waals surface area contributed by atoms with Gasteiger partial charge in [0.05, 0.1) is 7.11 Å². The van der Waals surface area contributed by atoms with Gasteiger partial charge in [-0.1, -0.05) is 19.1 Å². The number of benzene rings is 1. The van der Waals surface area contributed by atoms with Gasteiger partial charge in [0.2, 0.25) is 0 Å². The Morgan fingerprint density at radius 1 is 1.08 bits per heavy atom. The molecule has 1 saturated carbocycles. The van der Waals surface area contributed by atoms with Gasteiger partial charge >= 0.3 is 0 Å². The molecule has 24 heavy (non-hydrogen) atoms. The average Bonchev–Trinajstić information content (AvgIpc) is 2.93. The Kier molecular flexibility index (Phi) is 3.77. The number of allylic oxidation sites excluding steroid dienone is 2. The molecule has 3 atom stereocenters. The fraction of sp³-hybridized carbons (Fsp3) is 0.619. The monoisotopic (exact) mass is 328 g/mol. The van der Waals surface area contributed by atoms with E-state index in [-0.39, 0.29) is 5.41 Å². The van der Waals surface area contributed by atoms with E-state index in [2.05, 4.69) is 31.2 Å². The molecular formula is C21H28O3. The standard InChI is InChI=1S/C21H28O3/c1-20-11-9-17-16-8-6-15(22-2)13-14(16)5-7-18(17)19(20)10-12-21(20,23-3)24-4/h6,8-9,13,18-19H,5,7,10-12H2,1-4H3. The zero-order valence-corrected chi connectivity index (χ0v) is 15.2. The van der Waals surface area contributed by atoms with Gasteiger partial charge in [0.1, 0.15) is 5.75 Å². The van der Waals surface area contributed by atoms with Crippen LogP contribution in [0.1, 0.15) is 43.7 Å². The minimum atomic E-state index is -0.431. The lowest BCUT2D eigenvalue weighted by Gasteiger charge is -2.50. The molecule has 1 fully saturated rings. The minimum Gasteiger partial charge on any atom is -0.497 e. The third-order valence-electron chi connectivity index (χ3n) is 7.11. The Labute approximate surface area is 145 Å². The van der Waals surface area contributed by atoms with Crippen molar-refractivity contribution >= 4 is 5.57 Å². The Morgan fingerprint density at radius 3 is 2.58 bits per heavy atom. The first-order valence-corrected chi connectivity index (χ1v) is 9.06. The van der Waals surface area contributed by atoms with Crippen LogP contribution in [-0.4, -0.2) is 27.1 Å². The first-order valence-electron chi connectivity index (χ1n) is 9.06. The van der Waals surface area contributed by atoms with Crippen LogP contribution in [0, 0.1) is 17.3 Å². The van der Waals surface area contributed by atoms with Crippen molar-refractivity contribution in [2.24, 2.45) is 17.3 Å². The molecule has 0 N–H and O–H groups in total. The molecule has 0 spiro atoms. The second kappa shape index (κ2) is 5.60. The smallest absolute Gasteiger partial charge is 0.173 e. The van der Waals surface area contributed by atoms with Crippen LogP contribution >= 0.6 is 0 Å². The lowest BCUT2D eigenvalue weighted by atomic mass is 9.59. The Hall–Kier alpha value is -1.32. The predicted octanol–water partition coefficient (Wildman–Crippen LogP) is 4.45. The third kappa shape index (κ3) is 1.98. The number of ether oxygens (including phenoxy) is 3. The van der Waals surface area contributed by atoms with E-state index < -0.39 is 5.79 Å². The summed E-state index contributed by atoms with van der Waals surface area (Å²) in [5.41, 5.74) is 4.48. The summed E-state index contributed by atoms with van der Waals surface area (Å²) in [5, 5.41) is 0. The van der Waals surface area contributed by atoms with E-state index in [0.717, 1.165) is 25.0 Å². The fourth-order valence-corrected chi connectivity index (χ4v) is 5.79. The van der Waals surface area contributed by atoms with Gasteiger partial charge in [0.25, 0.3) is 0 Å². The molecule has 3 aliphatic carbocycles. The summed E-state index contributed by atoms with van der Waals surface area (Å²) in [6.07, 6.45) is 8.02. The topological polar surface area (TPSA) is 27.7 Å². The number of rotatable bonds is 3. The summed E-state index contributed by atoms with van der Waals surface area (Å²) in [6.45, 7) is 2.37. The zero-order valence-electron chi connectivity index (χ0n) is 15.2. The van der Waals surface area contributed by atoms with E-state index >= 15 is 0 Å². The molecule has 1 aromatic carbocycles. The largest absolute Gasteiger partial charge is 0.497 e. The van der Waals surface area contributed by atoms with Gasteiger partial charge in [-0.3, -0.25) is 0 Å². The number of hydrogen-bond donors (Lipinski definition) is 0. The molecule has 3 unspecified atom stereocenters. The van der Waals surface area contributed by atoms with Gasteiger partial charge in [0, 0.05) is 26.1 Å². The van der Waals surface area contributed by atoms with Crippen molar-refractivity contribution in [2.75, 3.05) is 21.3 Å². The van der Waals surface area contributed by atoms with Crippen molar-refractivity contribution in [2.45, 2.75) is 44.8 Å². The van der Waals surface area contributed by atoms with E-state index in [1.54, 1.807) is 26.9 Å². The Balaban J connectivity index is 1.75. The van der Waals surface area contributed by atoms with Crippen molar-refractivity contribution in [3.63, 3.8) is 0 Å². The summed E-state index contributed by atoms with van der Waals surface area (Å²) < 4.78 is 17.3. The average molecular weight is 328 g/mol. The van der Waals surface area contributed by atoms with Gasteiger partial charge < -0.3 is 14.2 Å². The maximum Gasteiger partial charge on any atom is 0.173 e. The maximum absolute atomic E-state index is 5.93. The van der Waals surface area contributed by atoms with E-state index in [9.17, 15) is 0 Å². The lowest BCUT2D eigenvalue weighted by Crippen LogP contribution is -2.50. The van der Waals surface area contributed by atoms with Crippen molar-refractivity contribution in [1.82, 2.24) is 0 Å². The highest BCUT2D eigenvalue weighted by atomic mass is 16.7. The van der Waals surface area contributed by atoms with Crippen LogP contribution in [-0.2, 0) is 15.9 Å². The molecule has 4 rings (SSSR count). The molecule has 0 radical (unpaired) electrons. The van der Waals surface area contributed by atoms with Crippen molar-refractivity contribution in [3.8, 4) is 5.75 Å². The van der Waals surface area contributed by atoms with Crippen LogP contribution in [0.4, 0.5) is 0 Å². The first kappa shape index (κ1) is 16.2. The second-order valence-corrected chi connectivity index (χ2v) is 7.76. The number of fused-ring (bicyclic) bond motifs is 5. The molecule has 3 nitrogen and oxygen atoms in total. The molecule has 3 aliphatic rings. The quantitative estimate of drug-likeness (QED) is 0.767. The lowest BCUT2D eigenvalue weighted by molar-refractivity contribution is -0.266. The summed E-state index contributed by atoms with van der Waals surface area (Å²) in [6, 6.07) is 6.56. The SMILES string of the molecule is COc1ccc2c(c1)CCC1C2=CCC2(C)C1CCC2(OC)OC. The van der Waals surface area contributed by atoms with Crippen LogP contribution in [0.25, 0.3) is 5.57 Å². The molecule has 130 valence electrons. The molecule has 0 aromatic heterocycles. The van der Waals surface area contributed by atoms with Crippen molar-refractivity contribution in [3.05, 3.63) is 35.4 Å². The summed E-state index contributed by atoms with van der Waals surface area (Å²) in [7, 11) is 5.35. The third-order valence-corrected chi connectivity index (χ3v) is 7.11. The molecular weight excluding hydrogens is 300 g/mol. The summed E-state index contributed by atoms with van der Waals surface area (Å²) >= 11 is 0. The first-order chi connectivity index (χ1) is 11.6. The normalized spacial score (nSPS) is 33.2. The van der Waals surface area contributed by atoms with Crippen LogP contribution in [0.15, 0.2) is 24.3 Å². The molecule has 0 amide bonds. The van der Waals surface area contributed by atoms with Gasteiger partial charge in [0.15, 0.2) is 5.79 Å². The van der Waals surface area contributed by atoms with Gasteiger partial charge in [-0.05, 0) is 66.4 Å². The van der Waals surface area contributed by atoms with Crippen molar-refractivity contribution in [1.29, 1.82) is 0 Å². The van der Waals surface area contributed by atoms with E-state index in [0.29, 0.717) is 11.8 Å². The van der Waals surface area contributed by atoms with Crippen molar-refractivity contribution < 1.29 is 14.2 Å². The molecule has 3 heteroatoms. The second-order valence-electron chi connectivity index (χ2n) is 7.76. The highest BCUT2D eigenvalue weighted by Crippen LogP contribution is 2.63. The zero-order chi connectivity index (χ0) is 16.9. The van der Waals surface area contributed by atoms with Crippen LogP contribution in [0.2, 0.25) is 0 Å². The molecule has 0 saturated heterocycles. The molecule has 0 aliphatic heterocycles. The summed E-state index contributed by atoms with van der Waals surface area (Å²) in [4.78, 5) is 0. The van der Waals surface area contributed by atoms with Gasteiger partial charge in [-0.25, -0.2) is 0 Å². The van der Waals surface area contributed by atoms with Gasteiger partial charge in [-0.2, -0.15) is 0 Å². The Morgan fingerprint density at radius 2 is 1.88 bits per heavy atom. The fourth-order valence-electron chi connectivity index (χ4n) is 5.79. The predicted molar refractivity (Wildman–Crippen MR) is 95.0 cm³/mol. The minimum absolute atomic E-state index is 0.0641. The van der Waals surface area contributed by atoms with Crippen LogP contribution in [0.5, 0.6) is 5.75 Å². The van der Waals surface area contributed by atoms with Crippen LogP contribution < -0.4 is 4.74 Å². The van der Waals surface area contributed by atoms with E-state index in [1.165, 1.54) is 24.0 Å². The number of methoxy groups -OCH3 is 3. The molecule has 0 bridgehead atoms. The maximum atomic E-state index is 5.93. The van der Waals surface area contributed by atoms with Crippen LogP contribution in [0.3, 0.4) is 0 Å². The van der Waals surface area contributed by atoms with Gasteiger partial charge in [-0.15, -0.1) is 0 Å². The van der Waals surface area contributed by atoms with E-state index in [1.807, 2.05) is 0 Å². The molecule has 1 aromatic rings. The highest BCUT2D eigenvalue weighted by Gasteiger charge is 2.61.